The number of pyridine rings is 1. The average Bonchev–Trinajstić information content (AvgIpc) is 2.65. The summed E-state index contributed by atoms with van der Waals surface area (Å²) in [5.74, 6) is -0.0260. The number of nitrogens with zero attached hydrogens (tertiary/aromatic N) is 1. The Hall–Kier alpha value is -1.76. The normalized spacial score (nSPS) is 11.7. The third-order valence-corrected chi connectivity index (χ3v) is 3.99. The number of thiophene rings is 1. The summed E-state index contributed by atoms with van der Waals surface area (Å²) >= 11 is 1.60. The average molecular weight is 301 g/mol. The van der Waals surface area contributed by atoms with Crippen molar-refractivity contribution in [3.8, 4) is 0 Å². The number of hydrogen-bond acceptors (Lipinski definition) is 4. The van der Waals surface area contributed by atoms with Gasteiger partial charge in [0, 0.05) is 9.75 Å². The van der Waals surface area contributed by atoms with Gasteiger partial charge >= 0.3 is 6.18 Å². The molecule has 108 valence electrons. The van der Waals surface area contributed by atoms with E-state index in [0.29, 0.717) is 6.54 Å². The van der Waals surface area contributed by atoms with E-state index in [9.17, 15) is 13.2 Å². The molecular weight excluding hydrogens is 287 g/mol. The van der Waals surface area contributed by atoms with E-state index in [1.165, 1.54) is 10.4 Å². The van der Waals surface area contributed by atoms with Crippen molar-refractivity contribution in [2.24, 2.45) is 0 Å². The number of rotatable bonds is 3. The molecule has 0 saturated heterocycles. The fourth-order valence-corrected chi connectivity index (χ4v) is 2.71. The lowest BCUT2D eigenvalue weighted by Crippen LogP contribution is -2.09. The molecule has 0 radical (unpaired) electrons. The van der Waals surface area contributed by atoms with E-state index in [1.807, 2.05) is 19.9 Å². The Bertz CT molecular complexity index is 600. The van der Waals surface area contributed by atoms with Gasteiger partial charge in [-0.05, 0) is 37.6 Å². The Labute approximate surface area is 118 Å². The molecule has 2 rings (SSSR count). The topological polar surface area (TPSA) is 50.9 Å². The van der Waals surface area contributed by atoms with Gasteiger partial charge in [0.15, 0.2) is 0 Å². The maximum Gasteiger partial charge on any atom is 0.416 e. The summed E-state index contributed by atoms with van der Waals surface area (Å²) in [6.07, 6.45) is -4.43. The lowest BCUT2D eigenvalue weighted by molar-refractivity contribution is -0.137. The molecular formula is C13H14F3N3S. The van der Waals surface area contributed by atoms with Crippen LogP contribution in [0, 0.1) is 13.8 Å². The zero-order valence-electron chi connectivity index (χ0n) is 11.0. The first kappa shape index (κ1) is 14.6. The maximum atomic E-state index is 12.7. The lowest BCUT2D eigenvalue weighted by atomic mass is 10.2. The SMILES string of the molecule is Cc1cc(CNc2cc(C(F)(F)F)cc(N)n2)sc1C. The van der Waals surface area contributed by atoms with Crippen molar-refractivity contribution < 1.29 is 13.2 Å². The Kier molecular flexibility index (Phi) is 3.89. The third-order valence-electron chi connectivity index (χ3n) is 2.83. The highest BCUT2D eigenvalue weighted by molar-refractivity contribution is 7.12. The van der Waals surface area contributed by atoms with Crippen molar-refractivity contribution in [2.75, 3.05) is 11.1 Å². The fraction of sp³-hybridized carbons (Fsp3) is 0.308. The van der Waals surface area contributed by atoms with Crippen LogP contribution < -0.4 is 11.1 Å². The first-order valence-electron chi connectivity index (χ1n) is 5.90. The summed E-state index contributed by atoms with van der Waals surface area (Å²) in [7, 11) is 0. The molecule has 20 heavy (non-hydrogen) atoms. The first-order chi connectivity index (χ1) is 9.25. The van der Waals surface area contributed by atoms with Crippen molar-refractivity contribution in [3.63, 3.8) is 0 Å². The highest BCUT2D eigenvalue weighted by Crippen LogP contribution is 2.31. The smallest absolute Gasteiger partial charge is 0.384 e. The molecule has 3 nitrogen and oxygen atoms in total. The predicted molar refractivity (Wildman–Crippen MR) is 74.8 cm³/mol. The van der Waals surface area contributed by atoms with Crippen molar-refractivity contribution in [1.29, 1.82) is 0 Å². The largest absolute Gasteiger partial charge is 0.416 e. The molecule has 0 unspecified atom stereocenters. The summed E-state index contributed by atoms with van der Waals surface area (Å²) in [5.41, 5.74) is 5.77. The van der Waals surface area contributed by atoms with Crippen molar-refractivity contribution >= 4 is 23.0 Å². The van der Waals surface area contributed by atoms with E-state index < -0.39 is 11.7 Å². The van der Waals surface area contributed by atoms with Gasteiger partial charge < -0.3 is 11.1 Å². The minimum absolute atomic E-state index is 0.126. The molecule has 7 heteroatoms. The number of hydrogen-bond donors (Lipinski definition) is 2. The molecule has 2 aromatic heterocycles. The minimum Gasteiger partial charge on any atom is -0.384 e. The molecule has 0 fully saturated rings. The summed E-state index contributed by atoms with van der Waals surface area (Å²) in [6.45, 7) is 4.42. The van der Waals surface area contributed by atoms with Crippen molar-refractivity contribution in [3.05, 3.63) is 39.1 Å². The zero-order chi connectivity index (χ0) is 14.9. The van der Waals surface area contributed by atoms with E-state index in [2.05, 4.69) is 10.3 Å². The Morgan fingerprint density at radius 3 is 2.50 bits per heavy atom. The monoisotopic (exact) mass is 301 g/mol. The molecule has 0 saturated carbocycles. The van der Waals surface area contributed by atoms with Crippen LogP contribution in [0.1, 0.15) is 20.9 Å². The number of anilines is 2. The highest BCUT2D eigenvalue weighted by atomic mass is 32.1. The highest BCUT2D eigenvalue weighted by Gasteiger charge is 2.31. The number of aromatic nitrogens is 1. The number of aryl methyl sites for hydroxylation is 2. The van der Waals surface area contributed by atoms with Gasteiger partial charge in [0.05, 0.1) is 12.1 Å². The van der Waals surface area contributed by atoms with Crippen LogP contribution in [0.2, 0.25) is 0 Å². The van der Waals surface area contributed by atoms with Crippen LogP contribution in [-0.4, -0.2) is 4.98 Å². The van der Waals surface area contributed by atoms with E-state index >= 15 is 0 Å². The molecule has 3 N–H and O–H groups in total. The number of nitrogens with two attached hydrogens (primary N) is 1. The molecule has 0 amide bonds. The van der Waals surface area contributed by atoms with Gasteiger partial charge in [0.2, 0.25) is 0 Å². The second kappa shape index (κ2) is 5.32. The van der Waals surface area contributed by atoms with Crippen LogP contribution in [0.25, 0.3) is 0 Å². The standard InChI is InChI=1S/C13H14F3N3S/c1-7-3-10(20-8(7)2)6-18-12-5-9(13(14,15)16)4-11(17)19-12/h3-5H,6H2,1-2H3,(H3,17,18,19). The minimum atomic E-state index is -4.43. The van der Waals surface area contributed by atoms with Crippen LogP contribution in [-0.2, 0) is 12.7 Å². The van der Waals surface area contributed by atoms with Crippen LogP contribution >= 0.6 is 11.3 Å². The van der Waals surface area contributed by atoms with Gasteiger partial charge in [-0.1, -0.05) is 0 Å². The van der Waals surface area contributed by atoms with Crippen LogP contribution in [0.3, 0.4) is 0 Å². The second-order valence-corrected chi connectivity index (χ2v) is 5.81. The molecule has 0 aliphatic heterocycles. The van der Waals surface area contributed by atoms with E-state index in [4.69, 9.17) is 5.73 Å². The van der Waals surface area contributed by atoms with Gasteiger partial charge in [-0.15, -0.1) is 11.3 Å². The van der Waals surface area contributed by atoms with Crippen molar-refractivity contribution in [2.45, 2.75) is 26.6 Å². The molecule has 0 spiro atoms. The molecule has 0 atom stereocenters. The van der Waals surface area contributed by atoms with Gasteiger partial charge in [0.25, 0.3) is 0 Å². The third kappa shape index (κ3) is 3.41. The number of nitrogens with one attached hydrogen (secondary N) is 1. The van der Waals surface area contributed by atoms with Crippen LogP contribution in [0.4, 0.5) is 24.8 Å². The Morgan fingerprint density at radius 2 is 1.95 bits per heavy atom. The Balaban J connectivity index is 2.15. The van der Waals surface area contributed by atoms with Gasteiger partial charge in [-0.2, -0.15) is 13.2 Å². The fourth-order valence-electron chi connectivity index (χ4n) is 1.72. The lowest BCUT2D eigenvalue weighted by Gasteiger charge is -2.10. The quantitative estimate of drug-likeness (QED) is 0.901. The van der Waals surface area contributed by atoms with Gasteiger partial charge in [-0.25, -0.2) is 4.98 Å². The number of alkyl halides is 3. The van der Waals surface area contributed by atoms with Gasteiger partial charge in [0.1, 0.15) is 11.6 Å². The molecule has 0 bridgehead atoms. The van der Waals surface area contributed by atoms with Crippen LogP contribution in [0.5, 0.6) is 0 Å². The predicted octanol–water partition coefficient (Wildman–Crippen LogP) is 3.97. The summed E-state index contributed by atoms with van der Waals surface area (Å²) in [5, 5.41) is 2.87. The Morgan fingerprint density at radius 1 is 1.25 bits per heavy atom. The van der Waals surface area contributed by atoms with Crippen molar-refractivity contribution in [1.82, 2.24) is 4.98 Å². The first-order valence-corrected chi connectivity index (χ1v) is 6.72. The van der Waals surface area contributed by atoms with Gasteiger partial charge in [-0.3, -0.25) is 0 Å². The number of nitrogen functional groups attached to an aromatic ring is 1. The zero-order valence-corrected chi connectivity index (χ0v) is 11.8. The van der Waals surface area contributed by atoms with E-state index in [-0.39, 0.29) is 11.6 Å². The molecule has 0 aliphatic rings. The summed E-state index contributed by atoms with van der Waals surface area (Å²) < 4.78 is 38.0. The molecule has 0 aromatic carbocycles. The maximum absolute atomic E-state index is 12.7. The van der Waals surface area contributed by atoms with E-state index in [0.717, 1.165) is 17.0 Å². The number of halogens is 3. The summed E-state index contributed by atoms with van der Waals surface area (Å²) in [4.78, 5) is 6.10. The molecule has 2 heterocycles. The molecule has 2 aromatic rings. The second-order valence-electron chi connectivity index (χ2n) is 4.47. The molecule has 0 aliphatic carbocycles. The van der Waals surface area contributed by atoms with Crippen LogP contribution in [0.15, 0.2) is 18.2 Å². The van der Waals surface area contributed by atoms with E-state index in [1.54, 1.807) is 11.3 Å². The summed E-state index contributed by atoms with van der Waals surface area (Å²) in [6, 6.07) is 3.79.